The van der Waals surface area contributed by atoms with Crippen molar-refractivity contribution in [2.24, 2.45) is 7.05 Å². The number of nitrogens with one attached hydrogen (secondary N) is 1. The predicted molar refractivity (Wildman–Crippen MR) is 71.9 cm³/mol. The quantitative estimate of drug-likeness (QED) is 0.804. The molecular formula is C14H22N2O3. The highest BCUT2D eigenvalue weighted by molar-refractivity contribution is 5.87. The maximum absolute atomic E-state index is 11.5. The fourth-order valence-corrected chi connectivity index (χ4v) is 2.63. The molecule has 0 unspecified atom stereocenters. The molecule has 1 aromatic rings. The standard InChI is InChI=1S/C14H22N2O3/c1-16-10(7-8-12(16)14(18)19-2)9-15-11-5-3-4-6-13(11)17/h7-8,11,13,15,17H,3-6,9H2,1-2H3/t11-,13-/m1/s1. The van der Waals surface area contributed by atoms with Crippen LogP contribution in [0.4, 0.5) is 0 Å². The molecule has 2 N–H and O–H groups in total. The lowest BCUT2D eigenvalue weighted by atomic mass is 9.92. The van der Waals surface area contributed by atoms with Crippen LogP contribution in [0.1, 0.15) is 41.9 Å². The Bertz CT molecular complexity index is 442. The van der Waals surface area contributed by atoms with Crippen molar-refractivity contribution >= 4 is 5.97 Å². The van der Waals surface area contributed by atoms with Gasteiger partial charge in [0.15, 0.2) is 0 Å². The van der Waals surface area contributed by atoms with Crippen molar-refractivity contribution < 1.29 is 14.6 Å². The SMILES string of the molecule is COC(=O)c1ccc(CN[C@@H]2CCCC[C@H]2O)n1C. The van der Waals surface area contributed by atoms with Crippen LogP contribution in [0.5, 0.6) is 0 Å². The third-order valence-corrected chi connectivity index (χ3v) is 3.90. The smallest absolute Gasteiger partial charge is 0.354 e. The van der Waals surface area contributed by atoms with Crippen molar-refractivity contribution in [1.29, 1.82) is 0 Å². The zero-order valence-electron chi connectivity index (χ0n) is 11.6. The Morgan fingerprint density at radius 2 is 2.21 bits per heavy atom. The summed E-state index contributed by atoms with van der Waals surface area (Å²) >= 11 is 0. The zero-order valence-corrected chi connectivity index (χ0v) is 11.6. The first-order chi connectivity index (χ1) is 9.13. The Balaban J connectivity index is 1.96. The van der Waals surface area contributed by atoms with Gasteiger partial charge in [-0.05, 0) is 25.0 Å². The molecule has 0 bridgehead atoms. The predicted octanol–water partition coefficient (Wildman–Crippen LogP) is 1.20. The zero-order chi connectivity index (χ0) is 13.8. The van der Waals surface area contributed by atoms with E-state index in [9.17, 15) is 9.90 Å². The van der Waals surface area contributed by atoms with Crippen molar-refractivity contribution in [3.05, 3.63) is 23.5 Å². The second kappa shape index (κ2) is 6.21. The summed E-state index contributed by atoms with van der Waals surface area (Å²) in [5.74, 6) is -0.327. The van der Waals surface area contributed by atoms with E-state index >= 15 is 0 Å². The first kappa shape index (κ1) is 14.1. The Morgan fingerprint density at radius 1 is 1.47 bits per heavy atom. The van der Waals surface area contributed by atoms with E-state index < -0.39 is 0 Å². The van der Waals surface area contributed by atoms with E-state index in [0.717, 1.165) is 31.4 Å². The van der Waals surface area contributed by atoms with E-state index in [4.69, 9.17) is 4.74 Å². The largest absolute Gasteiger partial charge is 0.464 e. The molecule has 0 spiro atoms. The molecular weight excluding hydrogens is 244 g/mol. The molecule has 5 nitrogen and oxygen atoms in total. The lowest BCUT2D eigenvalue weighted by molar-refractivity contribution is 0.0589. The Kier molecular flexibility index (Phi) is 4.61. The molecule has 1 aliphatic rings. The van der Waals surface area contributed by atoms with Crippen LogP contribution in [-0.2, 0) is 18.3 Å². The molecule has 2 atom stereocenters. The Hall–Kier alpha value is -1.33. The number of nitrogens with zero attached hydrogens (tertiary/aromatic N) is 1. The van der Waals surface area contributed by atoms with E-state index in [1.54, 1.807) is 6.07 Å². The third kappa shape index (κ3) is 3.16. The van der Waals surface area contributed by atoms with Crippen LogP contribution < -0.4 is 5.32 Å². The van der Waals surface area contributed by atoms with E-state index in [-0.39, 0.29) is 18.1 Å². The van der Waals surface area contributed by atoms with Gasteiger partial charge in [-0.1, -0.05) is 12.8 Å². The first-order valence-corrected chi connectivity index (χ1v) is 6.78. The van der Waals surface area contributed by atoms with Gasteiger partial charge in [0.05, 0.1) is 13.2 Å². The summed E-state index contributed by atoms with van der Waals surface area (Å²) in [4.78, 5) is 11.5. The molecule has 106 valence electrons. The number of carbonyl (C=O) groups is 1. The van der Waals surface area contributed by atoms with Crippen LogP contribution in [-0.4, -0.2) is 34.9 Å². The topological polar surface area (TPSA) is 63.5 Å². The summed E-state index contributed by atoms with van der Waals surface area (Å²) in [6, 6.07) is 3.83. The molecule has 5 heteroatoms. The lowest BCUT2D eigenvalue weighted by Crippen LogP contribution is -2.41. The third-order valence-electron chi connectivity index (χ3n) is 3.90. The highest BCUT2D eigenvalue weighted by Gasteiger charge is 2.22. The van der Waals surface area contributed by atoms with Gasteiger partial charge >= 0.3 is 5.97 Å². The molecule has 1 aromatic heterocycles. The maximum atomic E-state index is 11.5. The molecule has 0 saturated heterocycles. The van der Waals surface area contributed by atoms with Crippen LogP contribution in [0.3, 0.4) is 0 Å². The molecule has 19 heavy (non-hydrogen) atoms. The number of hydrogen-bond acceptors (Lipinski definition) is 4. The molecule has 1 aliphatic carbocycles. The number of hydrogen-bond donors (Lipinski definition) is 2. The summed E-state index contributed by atoms with van der Waals surface area (Å²) in [5.41, 5.74) is 1.56. The minimum absolute atomic E-state index is 0.158. The van der Waals surface area contributed by atoms with Crippen molar-refractivity contribution in [3.63, 3.8) is 0 Å². The molecule has 0 aromatic carbocycles. The average Bonchev–Trinajstić information content (AvgIpc) is 2.78. The van der Waals surface area contributed by atoms with Crippen molar-refractivity contribution in [2.75, 3.05) is 7.11 Å². The number of methoxy groups -OCH3 is 1. The number of carbonyl (C=O) groups excluding carboxylic acids is 1. The summed E-state index contributed by atoms with van der Waals surface area (Å²) in [7, 11) is 3.23. The fraction of sp³-hybridized carbons (Fsp3) is 0.643. The summed E-state index contributed by atoms with van der Waals surface area (Å²) in [6.45, 7) is 0.648. The average molecular weight is 266 g/mol. The second-order valence-corrected chi connectivity index (χ2v) is 5.10. The number of aliphatic hydroxyl groups is 1. The van der Waals surface area contributed by atoms with Crippen LogP contribution in [0.2, 0.25) is 0 Å². The minimum atomic E-state index is -0.327. The molecule has 2 rings (SSSR count). The van der Waals surface area contributed by atoms with Crippen LogP contribution >= 0.6 is 0 Å². The fourth-order valence-electron chi connectivity index (χ4n) is 2.63. The van der Waals surface area contributed by atoms with E-state index in [1.165, 1.54) is 7.11 Å². The number of aromatic nitrogens is 1. The van der Waals surface area contributed by atoms with Crippen molar-refractivity contribution in [1.82, 2.24) is 9.88 Å². The van der Waals surface area contributed by atoms with E-state index in [0.29, 0.717) is 12.2 Å². The van der Waals surface area contributed by atoms with Crippen molar-refractivity contribution in [3.8, 4) is 0 Å². The Labute approximate surface area is 113 Å². The van der Waals surface area contributed by atoms with Gasteiger partial charge in [-0.2, -0.15) is 0 Å². The van der Waals surface area contributed by atoms with E-state index in [2.05, 4.69) is 5.32 Å². The number of esters is 1. The Morgan fingerprint density at radius 3 is 2.89 bits per heavy atom. The molecule has 1 saturated carbocycles. The van der Waals surface area contributed by atoms with Gasteiger partial charge in [-0.3, -0.25) is 0 Å². The highest BCUT2D eigenvalue weighted by atomic mass is 16.5. The van der Waals surface area contributed by atoms with Crippen LogP contribution in [0, 0.1) is 0 Å². The molecule has 1 heterocycles. The second-order valence-electron chi connectivity index (χ2n) is 5.10. The monoisotopic (exact) mass is 266 g/mol. The highest BCUT2D eigenvalue weighted by Crippen LogP contribution is 2.19. The molecule has 1 fully saturated rings. The van der Waals surface area contributed by atoms with Gasteiger partial charge in [0.25, 0.3) is 0 Å². The van der Waals surface area contributed by atoms with Crippen LogP contribution in [0.15, 0.2) is 12.1 Å². The van der Waals surface area contributed by atoms with Crippen molar-refractivity contribution in [2.45, 2.75) is 44.4 Å². The van der Waals surface area contributed by atoms with Gasteiger partial charge in [0, 0.05) is 25.3 Å². The molecule has 0 aliphatic heterocycles. The first-order valence-electron chi connectivity index (χ1n) is 6.78. The number of aliphatic hydroxyl groups excluding tert-OH is 1. The van der Waals surface area contributed by atoms with Gasteiger partial charge in [-0.25, -0.2) is 4.79 Å². The normalized spacial score (nSPS) is 23.3. The summed E-state index contributed by atoms with van der Waals surface area (Å²) in [6.07, 6.45) is 3.90. The molecule has 0 amide bonds. The summed E-state index contributed by atoms with van der Waals surface area (Å²) in [5, 5.41) is 13.3. The minimum Gasteiger partial charge on any atom is -0.464 e. The van der Waals surface area contributed by atoms with Crippen LogP contribution in [0.25, 0.3) is 0 Å². The molecule has 0 radical (unpaired) electrons. The number of rotatable bonds is 4. The number of ether oxygens (including phenoxy) is 1. The lowest BCUT2D eigenvalue weighted by Gasteiger charge is -2.28. The van der Waals surface area contributed by atoms with E-state index in [1.807, 2.05) is 17.7 Å². The van der Waals surface area contributed by atoms with Gasteiger partial charge < -0.3 is 19.7 Å². The van der Waals surface area contributed by atoms with Gasteiger partial charge in [0.2, 0.25) is 0 Å². The van der Waals surface area contributed by atoms with Gasteiger partial charge in [0.1, 0.15) is 5.69 Å². The maximum Gasteiger partial charge on any atom is 0.354 e. The van der Waals surface area contributed by atoms with Gasteiger partial charge in [-0.15, -0.1) is 0 Å². The summed E-state index contributed by atoms with van der Waals surface area (Å²) < 4.78 is 6.55.